The molecular formula is C17H13ClN4O2. The molecule has 24 heavy (non-hydrogen) atoms. The van der Waals surface area contributed by atoms with Gasteiger partial charge < -0.3 is 10.1 Å². The van der Waals surface area contributed by atoms with Gasteiger partial charge in [-0.2, -0.15) is 5.10 Å². The van der Waals surface area contributed by atoms with Gasteiger partial charge >= 0.3 is 0 Å². The first-order valence-corrected chi connectivity index (χ1v) is 7.78. The van der Waals surface area contributed by atoms with Crippen LogP contribution in [-0.4, -0.2) is 27.3 Å². The summed E-state index contributed by atoms with van der Waals surface area (Å²) in [5.74, 6) is 0.243. The monoisotopic (exact) mass is 340 g/mol. The minimum absolute atomic E-state index is 0.149. The van der Waals surface area contributed by atoms with E-state index in [1.807, 2.05) is 24.3 Å². The van der Waals surface area contributed by atoms with E-state index in [4.69, 9.17) is 16.3 Å². The number of carbonyl (C=O) groups is 1. The summed E-state index contributed by atoms with van der Waals surface area (Å²) in [5, 5.41) is 7.50. The highest BCUT2D eigenvalue weighted by Crippen LogP contribution is 2.35. The number of anilines is 1. The number of para-hydroxylation sites is 2. The molecule has 0 radical (unpaired) electrons. The summed E-state index contributed by atoms with van der Waals surface area (Å²) in [4.78, 5) is 16.7. The van der Waals surface area contributed by atoms with E-state index >= 15 is 0 Å². The number of fused-ring (bicyclic) bond motifs is 1. The van der Waals surface area contributed by atoms with Crippen LogP contribution in [0.1, 0.15) is 11.5 Å². The van der Waals surface area contributed by atoms with Gasteiger partial charge in [0.1, 0.15) is 36.6 Å². The fourth-order valence-electron chi connectivity index (χ4n) is 2.77. The highest BCUT2D eigenvalue weighted by molar-refractivity contribution is 6.33. The highest BCUT2D eigenvalue weighted by Gasteiger charge is 2.30. The van der Waals surface area contributed by atoms with Crippen molar-refractivity contribution in [1.29, 1.82) is 0 Å². The second-order valence-electron chi connectivity index (χ2n) is 5.37. The van der Waals surface area contributed by atoms with Gasteiger partial charge in [0.05, 0.1) is 10.7 Å². The lowest BCUT2D eigenvalue weighted by Crippen LogP contribution is -2.23. The average Bonchev–Trinajstić information content (AvgIpc) is 3.24. The minimum Gasteiger partial charge on any atom is -0.492 e. The second-order valence-corrected chi connectivity index (χ2v) is 5.77. The zero-order chi connectivity index (χ0) is 16.5. The number of carbonyl (C=O) groups excluding carboxylic acids is 1. The van der Waals surface area contributed by atoms with Crippen molar-refractivity contribution in [3.63, 3.8) is 0 Å². The summed E-state index contributed by atoms with van der Waals surface area (Å²) in [5.41, 5.74) is 2.04. The third-order valence-corrected chi connectivity index (χ3v) is 4.21. The predicted octanol–water partition coefficient (Wildman–Crippen LogP) is 3.04. The zero-order valence-corrected chi connectivity index (χ0v) is 13.3. The van der Waals surface area contributed by atoms with E-state index in [0.29, 0.717) is 23.0 Å². The van der Waals surface area contributed by atoms with Gasteiger partial charge in [-0.05, 0) is 18.2 Å². The number of aromatic nitrogens is 3. The van der Waals surface area contributed by atoms with Crippen molar-refractivity contribution in [1.82, 2.24) is 14.8 Å². The van der Waals surface area contributed by atoms with Crippen molar-refractivity contribution in [2.75, 3.05) is 11.9 Å². The average molecular weight is 341 g/mol. The molecule has 0 aliphatic carbocycles. The van der Waals surface area contributed by atoms with E-state index in [0.717, 1.165) is 11.3 Å². The molecule has 0 spiro atoms. The molecule has 6 nitrogen and oxygen atoms in total. The van der Waals surface area contributed by atoms with Crippen LogP contribution < -0.4 is 10.1 Å². The Morgan fingerprint density at radius 3 is 2.96 bits per heavy atom. The van der Waals surface area contributed by atoms with Crippen LogP contribution in [0.25, 0.3) is 5.69 Å². The van der Waals surface area contributed by atoms with Crippen LogP contribution in [0.15, 0.2) is 55.1 Å². The quantitative estimate of drug-likeness (QED) is 0.795. The first-order valence-electron chi connectivity index (χ1n) is 7.40. The molecule has 2 aromatic carbocycles. The van der Waals surface area contributed by atoms with Gasteiger partial charge in [0, 0.05) is 5.56 Å². The molecule has 0 saturated heterocycles. The molecule has 1 aromatic heterocycles. The molecule has 120 valence electrons. The third-order valence-electron chi connectivity index (χ3n) is 3.91. The fraction of sp³-hybridized carbons (Fsp3) is 0.118. The molecule has 1 amide bonds. The highest BCUT2D eigenvalue weighted by atomic mass is 35.5. The van der Waals surface area contributed by atoms with Crippen molar-refractivity contribution in [2.45, 2.75) is 5.92 Å². The van der Waals surface area contributed by atoms with Gasteiger partial charge in [-0.1, -0.05) is 35.9 Å². The van der Waals surface area contributed by atoms with Crippen LogP contribution >= 0.6 is 11.6 Å². The second kappa shape index (κ2) is 5.98. The summed E-state index contributed by atoms with van der Waals surface area (Å²) in [7, 11) is 0. The number of hydrogen-bond donors (Lipinski definition) is 1. The number of benzene rings is 2. The predicted molar refractivity (Wildman–Crippen MR) is 89.7 cm³/mol. The van der Waals surface area contributed by atoms with Crippen LogP contribution in [0.3, 0.4) is 0 Å². The Balaban J connectivity index is 1.65. The van der Waals surface area contributed by atoms with Crippen LogP contribution in [0.5, 0.6) is 5.75 Å². The van der Waals surface area contributed by atoms with Crippen molar-refractivity contribution in [3.05, 3.63) is 65.7 Å². The maximum absolute atomic E-state index is 12.7. The number of ether oxygens (including phenoxy) is 1. The Labute approximate surface area is 143 Å². The smallest absolute Gasteiger partial charge is 0.235 e. The largest absolute Gasteiger partial charge is 0.492 e. The van der Waals surface area contributed by atoms with Crippen molar-refractivity contribution < 1.29 is 9.53 Å². The Hall–Kier alpha value is -2.86. The lowest BCUT2D eigenvalue weighted by Gasteiger charge is -2.14. The van der Waals surface area contributed by atoms with Gasteiger partial charge in [0.2, 0.25) is 5.91 Å². The summed E-state index contributed by atoms with van der Waals surface area (Å²) >= 11 is 6.28. The number of amides is 1. The van der Waals surface area contributed by atoms with E-state index in [1.165, 1.54) is 17.3 Å². The minimum atomic E-state index is -0.358. The van der Waals surface area contributed by atoms with Gasteiger partial charge in [-0.15, -0.1) is 0 Å². The Kier molecular flexibility index (Phi) is 3.66. The fourth-order valence-corrected chi connectivity index (χ4v) is 3.03. The molecule has 1 N–H and O–H groups in total. The van der Waals surface area contributed by atoms with Gasteiger partial charge in [-0.25, -0.2) is 9.67 Å². The summed E-state index contributed by atoms with van der Waals surface area (Å²) < 4.78 is 7.11. The summed E-state index contributed by atoms with van der Waals surface area (Å²) in [6.07, 6.45) is 2.95. The first-order chi connectivity index (χ1) is 11.7. The van der Waals surface area contributed by atoms with Crippen molar-refractivity contribution in [3.8, 4) is 11.4 Å². The standard InChI is InChI=1S/C17H13ClN4O2/c18-13-5-3-6-14(16(13)22-10-19-9-20-22)21-17(23)12-8-24-15-7-2-1-4-11(12)15/h1-7,9-10,12H,8H2,(H,21,23)/t12-/m1/s1. The van der Waals surface area contributed by atoms with Crippen LogP contribution in [0.2, 0.25) is 5.02 Å². The van der Waals surface area contributed by atoms with Crippen LogP contribution in [-0.2, 0) is 4.79 Å². The number of nitrogens with zero attached hydrogens (tertiary/aromatic N) is 3. The molecule has 2 heterocycles. The summed E-state index contributed by atoms with van der Waals surface area (Å²) in [6, 6.07) is 12.8. The van der Waals surface area contributed by atoms with Crippen molar-refractivity contribution in [2.24, 2.45) is 0 Å². The molecule has 1 aliphatic heterocycles. The molecule has 4 rings (SSSR count). The molecule has 1 aliphatic rings. The lowest BCUT2D eigenvalue weighted by molar-refractivity contribution is -0.117. The van der Waals surface area contributed by atoms with E-state index in [2.05, 4.69) is 15.4 Å². The maximum Gasteiger partial charge on any atom is 0.235 e. The van der Waals surface area contributed by atoms with Gasteiger partial charge in [-0.3, -0.25) is 4.79 Å². The summed E-state index contributed by atoms with van der Waals surface area (Å²) in [6.45, 7) is 0.324. The normalized spacial score (nSPS) is 15.6. The lowest BCUT2D eigenvalue weighted by atomic mass is 10.0. The zero-order valence-electron chi connectivity index (χ0n) is 12.5. The first kappa shape index (κ1) is 14.7. The molecule has 0 bridgehead atoms. The SMILES string of the molecule is O=C(Nc1cccc(Cl)c1-n1cncn1)[C@@H]1COc2ccccc21. The van der Waals surface area contributed by atoms with E-state index in [-0.39, 0.29) is 11.8 Å². The van der Waals surface area contributed by atoms with E-state index in [1.54, 1.807) is 18.2 Å². The molecular weight excluding hydrogens is 328 g/mol. The molecule has 0 fully saturated rings. The molecule has 1 atom stereocenters. The molecule has 3 aromatic rings. The van der Waals surface area contributed by atoms with Crippen LogP contribution in [0.4, 0.5) is 5.69 Å². The number of nitrogens with one attached hydrogen (secondary N) is 1. The Morgan fingerprint density at radius 2 is 2.12 bits per heavy atom. The number of hydrogen-bond acceptors (Lipinski definition) is 4. The Bertz CT molecular complexity index is 895. The van der Waals surface area contributed by atoms with Crippen LogP contribution in [0, 0.1) is 0 Å². The molecule has 0 saturated carbocycles. The van der Waals surface area contributed by atoms with E-state index < -0.39 is 0 Å². The number of rotatable bonds is 3. The molecule has 0 unspecified atom stereocenters. The van der Waals surface area contributed by atoms with Gasteiger partial charge in [0.25, 0.3) is 0 Å². The Morgan fingerprint density at radius 1 is 1.25 bits per heavy atom. The third kappa shape index (κ3) is 2.51. The topological polar surface area (TPSA) is 69.0 Å². The van der Waals surface area contributed by atoms with Gasteiger partial charge in [0.15, 0.2) is 0 Å². The van der Waals surface area contributed by atoms with Crippen molar-refractivity contribution >= 4 is 23.2 Å². The van der Waals surface area contributed by atoms with E-state index in [9.17, 15) is 4.79 Å². The number of halogens is 1. The maximum atomic E-state index is 12.7. The molecule has 7 heteroatoms.